The maximum atomic E-state index is 10.3. The van der Waals surface area contributed by atoms with E-state index in [0.29, 0.717) is 11.5 Å². The van der Waals surface area contributed by atoms with Crippen LogP contribution in [0.4, 0.5) is 4.79 Å². The van der Waals surface area contributed by atoms with E-state index in [1.807, 2.05) is 13.0 Å². The van der Waals surface area contributed by atoms with Crippen molar-refractivity contribution >= 4 is 11.7 Å². The fourth-order valence-electron chi connectivity index (χ4n) is 0.823. The van der Waals surface area contributed by atoms with E-state index in [2.05, 4.69) is 10.5 Å². The van der Waals surface area contributed by atoms with Gasteiger partial charge >= 0.3 is 6.03 Å². The molecule has 0 spiro atoms. The van der Waals surface area contributed by atoms with Crippen molar-refractivity contribution in [2.45, 2.75) is 13.8 Å². The van der Waals surface area contributed by atoms with Crippen LogP contribution in [-0.2, 0) is 0 Å². The third-order valence-electron chi connectivity index (χ3n) is 1.43. The number of hydrogen-bond acceptors (Lipinski definition) is 3. The Hall–Kier alpha value is -1.78. The molecule has 70 valence electrons. The summed E-state index contributed by atoms with van der Waals surface area (Å²) in [7, 11) is 0. The van der Waals surface area contributed by atoms with Gasteiger partial charge in [-0.2, -0.15) is 5.10 Å². The lowest BCUT2D eigenvalue weighted by molar-refractivity contribution is 0.249. The van der Waals surface area contributed by atoms with Gasteiger partial charge in [-0.05, 0) is 26.0 Å². The number of nitrogens with one attached hydrogen (secondary N) is 1. The molecule has 0 aliphatic heterocycles. The van der Waals surface area contributed by atoms with Crippen LogP contribution >= 0.6 is 0 Å². The number of amides is 2. The lowest BCUT2D eigenvalue weighted by atomic mass is 10.3. The number of hydrogen-bond donors (Lipinski definition) is 2. The Balaban J connectivity index is 2.72. The highest BCUT2D eigenvalue weighted by atomic mass is 16.3. The van der Waals surface area contributed by atoms with Gasteiger partial charge in [0.15, 0.2) is 0 Å². The standard InChI is InChI=1S/C8H11N3O2/c1-5-3-4-7(13-5)6(2)10-11-8(9)12/h3-4H,1-2H3,(H3,9,11,12)/b10-6-. The van der Waals surface area contributed by atoms with E-state index in [1.165, 1.54) is 0 Å². The van der Waals surface area contributed by atoms with Gasteiger partial charge in [-0.1, -0.05) is 0 Å². The molecule has 0 unspecified atom stereocenters. The highest BCUT2D eigenvalue weighted by Gasteiger charge is 2.01. The van der Waals surface area contributed by atoms with Gasteiger partial charge in [0.1, 0.15) is 17.2 Å². The summed E-state index contributed by atoms with van der Waals surface area (Å²) >= 11 is 0. The van der Waals surface area contributed by atoms with Crippen LogP contribution in [0.15, 0.2) is 21.7 Å². The molecule has 1 rings (SSSR count). The molecule has 1 aromatic heterocycles. The van der Waals surface area contributed by atoms with E-state index in [-0.39, 0.29) is 0 Å². The molecule has 0 aromatic carbocycles. The average molecular weight is 181 g/mol. The number of urea groups is 1. The molecule has 5 nitrogen and oxygen atoms in total. The van der Waals surface area contributed by atoms with Crippen molar-refractivity contribution in [1.82, 2.24) is 5.43 Å². The van der Waals surface area contributed by atoms with Crippen LogP contribution in [0.2, 0.25) is 0 Å². The highest BCUT2D eigenvalue weighted by Crippen LogP contribution is 2.06. The molecule has 1 heterocycles. The molecule has 0 saturated carbocycles. The van der Waals surface area contributed by atoms with Crippen molar-refractivity contribution in [1.29, 1.82) is 0 Å². The molecular formula is C8H11N3O2. The van der Waals surface area contributed by atoms with E-state index in [1.54, 1.807) is 13.0 Å². The van der Waals surface area contributed by atoms with Gasteiger partial charge < -0.3 is 10.2 Å². The summed E-state index contributed by atoms with van der Waals surface area (Å²) in [6, 6.07) is 2.90. The first-order chi connectivity index (χ1) is 6.09. The summed E-state index contributed by atoms with van der Waals surface area (Å²) in [4.78, 5) is 10.3. The zero-order valence-corrected chi connectivity index (χ0v) is 7.50. The summed E-state index contributed by atoms with van der Waals surface area (Å²) in [6.07, 6.45) is 0. The number of carbonyl (C=O) groups excluding carboxylic acids is 1. The van der Waals surface area contributed by atoms with Crippen LogP contribution in [-0.4, -0.2) is 11.7 Å². The lowest BCUT2D eigenvalue weighted by Crippen LogP contribution is -2.25. The van der Waals surface area contributed by atoms with Crippen LogP contribution in [0.5, 0.6) is 0 Å². The number of nitrogens with two attached hydrogens (primary N) is 1. The first-order valence-corrected chi connectivity index (χ1v) is 3.76. The molecule has 3 N–H and O–H groups in total. The molecule has 5 heteroatoms. The van der Waals surface area contributed by atoms with Crippen molar-refractivity contribution in [2.24, 2.45) is 10.8 Å². The van der Waals surface area contributed by atoms with Gasteiger partial charge in [0.05, 0.1) is 0 Å². The van der Waals surface area contributed by atoms with Crippen LogP contribution in [0, 0.1) is 6.92 Å². The van der Waals surface area contributed by atoms with Crippen molar-refractivity contribution in [3.05, 3.63) is 23.7 Å². The van der Waals surface area contributed by atoms with Crippen LogP contribution in [0.1, 0.15) is 18.4 Å². The Bertz CT molecular complexity index is 341. The van der Waals surface area contributed by atoms with Crippen molar-refractivity contribution in [3.8, 4) is 0 Å². The Morgan fingerprint density at radius 1 is 1.62 bits per heavy atom. The highest BCUT2D eigenvalue weighted by molar-refractivity contribution is 5.96. The number of nitrogens with zero attached hydrogens (tertiary/aromatic N) is 1. The summed E-state index contributed by atoms with van der Waals surface area (Å²) in [5.41, 5.74) is 7.53. The van der Waals surface area contributed by atoms with Crippen molar-refractivity contribution in [3.63, 3.8) is 0 Å². The first-order valence-electron chi connectivity index (χ1n) is 3.76. The molecule has 2 amide bonds. The number of primary amides is 1. The van der Waals surface area contributed by atoms with E-state index >= 15 is 0 Å². The molecule has 0 bridgehead atoms. The van der Waals surface area contributed by atoms with Crippen LogP contribution in [0.3, 0.4) is 0 Å². The first kappa shape index (κ1) is 9.31. The van der Waals surface area contributed by atoms with Gasteiger partial charge in [-0.3, -0.25) is 0 Å². The van der Waals surface area contributed by atoms with Crippen LogP contribution in [0.25, 0.3) is 0 Å². The topological polar surface area (TPSA) is 80.6 Å². The maximum absolute atomic E-state index is 10.3. The zero-order chi connectivity index (χ0) is 9.84. The second-order valence-corrected chi connectivity index (χ2v) is 2.58. The van der Waals surface area contributed by atoms with Crippen LogP contribution < -0.4 is 11.2 Å². The smallest absolute Gasteiger partial charge is 0.332 e. The molecule has 0 aliphatic rings. The average Bonchev–Trinajstić information content (AvgIpc) is 2.47. The van der Waals surface area contributed by atoms with E-state index in [0.717, 1.165) is 5.76 Å². The second-order valence-electron chi connectivity index (χ2n) is 2.58. The molecule has 13 heavy (non-hydrogen) atoms. The molecule has 1 aromatic rings. The fraction of sp³-hybridized carbons (Fsp3) is 0.250. The molecule has 0 aliphatic carbocycles. The summed E-state index contributed by atoms with van der Waals surface area (Å²) < 4.78 is 5.25. The quantitative estimate of drug-likeness (QED) is 0.526. The monoisotopic (exact) mass is 181 g/mol. The molecular weight excluding hydrogens is 170 g/mol. The van der Waals surface area contributed by atoms with Gasteiger partial charge in [0.25, 0.3) is 0 Å². The minimum atomic E-state index is -0.692. The van der Waals surface area contributed by atoms with Gasteiger partial charge in [0, 0.05) is 0 Å². The Morgan fingerprint density at radius 3 is 2.77 bits per heavy atom. The minimum absolute atomic E-state index is 0.576. The second kappa shape index (κ2) is 3.75. The summed E-state index contributed by atoms with van der Waals surface area (Å²) in [5, 5.41) is 3.71. The van der Waals surface area contributed by atoms with E-state index in [9.17, 15) is 4.79 Å². The van der Waals surface area contributed by atoms with Gasteiger partial charge in [-0.15, -0.1) is 0 Å². The molecule has 0 atom stereocenters. The molecule has 0 saturated heterocycles. The SMILES string of the molecule is C/C(=N/NC(N)=O)c1ccc(C)o1. The summed E-state index contributed by atoms with van der Waals surface area (Å²) in [6.45, 7) is 3.55. The number of aryl methyl sites for hydroxylation is 1. The Labute approximate surface area is 75.6 Å². The Morgan fingerprint density at radius 2 is 2.31 bits per heavy atom. The zero-order valence-electron chi connectivity index (χ0n) is 7.50. The van der Waals surface area contributed by atoms with Gasteiger partial charge in [-0.25, -0.2) is 10.2 Å². The predicted octanol–water partition coefficient (Wildman–Crippen LogP) is 0.980. The van der Waals surface area contributed by atoms with Crippen molar-refractivity contribution < 1.29 is 9.21 Å². The molecule has 0 fully saturated rings. The Kier molecular flexibility index (Phi) is 2.69. The number of hydrazone groups is 1. The lowest BCUT2D eigenvalue weighted by Gasteiger charge is -1.95. The maximum Gasteiger partial charge on any atom is 0.332 e. The van der Waals surface area contributed by atoms with E-state index in [4.69, 9.17) is 10.2 Å². The third kappa shape index (κ3) is 2.62. The third-order valence-corrected chi connectivity index (χ3v) is 1.43. The minimum Gasteiger partial charge on any atom is -0.460 e. The number of furan rings is 1. The normalized spacial score (nSPS) is 11.4. The molecule has 0 radical (unpaired) electrons. The number of carbonyl (C=O) groups is 1. The predicted molar refractivity (Wildman–Crippen MR) is 48.4 cm³/mol. The van der Waals surface area contributed by atoms with Gasteiger partial charge in [0.2, 0.25) is 0 Å². The fourth-order valence-corrected chi connectivity index (χ4v) is 0.823. The largest absolute Gasteiger partial charge is 0.460 e. The summed E-state index contributed by atoms with van der Waals surface area (Å²) in [5.74, 6) is 1.41. The number of rotatable bonds is 2. The van der Waals surface area contributed by atoms with Crippen molar-refractivity contribution in [2.75, 3.05) is 0 Å². The van der Waals surface area contributed by atoms with E-state index < -0.39 is 6.03 Å².